The van der Waals surface area contributed by atoms with E-state index < -0.39 is 36.0 Å². The SMILES string of the molecule is CC[C@H](C)[C@H](NC(=O)[C@H](Cc1ccc(O)cc1)NC(=O)[C@@H](N)C(C)C)C(=O)NC(c1ccccc1)c1ccccc1. The summed E-state index contributed by atoms with van der Waals surface area (Å²) in [7, 11) is 0. The van der Waals surface area contributed by atoms with Crippen LogP contribution >= 0.6 is 0 Å². The fourth-order valence-electron chi connectivity index (χ4n) is 4.49. The van der Waals surface area contributed by atoms with Crippen molar-refractivity contribution < 1.29 is 19.5 Å². The van der Waals surface area contributed by atoms with Gasteiger partial charge in [0.25, 0.3) is 0 Å². The summed E-state index contributed by atoms with van der Waals surface area (Å²) in [5, 5.41) is 18.5. The summed E-state index contributed by atoms with van der Waals surface area (Å²) in [5.74, 6) is -1.47. The first-order valence-corrected chi connectivity index (χ1v) is 14.1. The molecule has 3 rings (SSSR count). The van der Waals surface area contributed by atoms with Gasteiger partial charge in [-0.15, -0.1) is 0 Å². The van der Waals surface area contributed by atoms with E-state index in [-0.39, 0.29) is 29.9 Å². The largest absolute Gasteiger partial charge is 0.508 e. The van der Waals surface area contributed by atoms with Gasteiger partial charge in [-0.3, -0.25) is 14.4 Å². The Labute approximate surface area is 242 Å². The van der Waals surface area contributed by atoms with Gasteiger partial charge in [-0.25, -0.2) is 0 Å². The minimum Gasteiger partial charge on any atom is -0.508 e. The highest BCUT2D eigenvalue weighted by molar-refractivity contribution is 5.93. The summed E-state index contributed by atoms with van der Waals surface area (Å²) in [6.45, 7) is 7.53. The Morgan fingerprint density at radius 1 is 0.732 bits per heavy atom. The fraction of sp³-hybridized carbons (Fsp3) is 0.364. The number of phenols is 1. The van der Waals surface area contributed by atoms with Gasteiger partial charge in [0.1, 0.15) is 17.8 Å². The summed E-state index contributed by atoms with van der Waals surface area (Å²) in [6, 6.07) is 22.7. The van der Waals surface area contributed by atoms with Crippen LogP contribution in [0.5, 0.6) is 5.75 Å². The van der Waals surface area contributed by atoms with E-state index in [1.807, 2.05) is 88.4 Å². The fourth-order valence-corrected chi connectivity index (χ4v) is 4.49. The molecule has 0 heterocycles. The van der Waals surface area contributed by atoms with E-state index in [0.717, 1.165) is 16.7 Å². The van der Waals surface area contributed by atoms with Crippen LogP contribution < -0.4 is 21.7 Å². The van der Waals surface area contributed by atoms with Gasteiger partial charge < -0.3 is 26.8 Å². The second-order valence-corrected chi connectivity index (χ2v) is 10.8. The molecule has 0 unspecified atom stereocenters. The number of nitrogens with one attached hydrogen (secondary N) is 3. The lowest BCUT2D eigenvalue weighted by atomic mass is 9.94. The number of aromatic hydroxyl groups is 1. The Hall–Kier alpha value is -4.17. The molecule has 0 aliphatic carbocycles. The second kappa shape index (κ2) is 15.0. The first kappa shape index (κ1) is 31.4. The number of carbonyl (C=O) groups excluding carboxylic acids is 3. The van der Waals surface area contributed by atoms with Crippen LogP contribution in [0.25, 0.3) is 0 Å². The molecule has 3 aromatic rings. The molecule has 0 saturated heterocycles. The lowest BCUT2D eigenvalue weighted by Gasteiger charge is -2.29. The van der Waals surface area contributed by atoms with Crippen molar-refractivity contribution in [2.75, 3.05) is 0 Å². The van der Waals surface area contributed by atoms with Gasteiger partial charge >= 0.3 is 0 Å². The van der Waals surface area contributed by atoms with Crippen molar-refractivity contribution in [2.45, 2.75) is 64.7 Å². The number of amides is 3. The third kappa shape index (κ3) is 8.91. The van der Waals surface area contributed by atoms with Crippen molar-refractivity contribution in [1.29, 1.82) is 0 Å². The molecule has 3 aromatic carbocycles. The molecular weight excluding hydrogens is 516 g/mol. The Morgan fingerprint density at radius 2 is 1.27 bits per heavy atom. The first-order valence-electron chi connectivity index (χ1n) is 14.1. The van der Waals surface area contributed by atoms with Gasteiger partial charge in [-0.05, 0) is 40.7 Å². The molecule has 218 valence electrons. The molecule has 0 bridgehead atoms. The van der Waals surface area contributed by atoms with E-state index in [4.69, 9.17) is 5.73 Å². The van der Waals surface area contributed by atoms with Gasteiger partial charge in [0.15, 0.2) is 0 Å². The van der Waals surface area contributed by atoms with Crippen molar-refractivity contribution in [3.8, 4) is 5.75 Å². The quantitative estimate of drug-likeness (QED) is 0.217. The third-order valence-electron chi connectivity index (χ3n) is 7.38. The van der Waals surface area contributed by atoms with Crippen molar-refractivity contribution in [3.05, 3.63) is 102 Å². The average molecular weight is 559 g/mol. The van der Waals surface area contributed by atoms with Crippen LogP contribution in [0.1, 0.15) is 56.8 Å². The maximum absolute atomic E-state index is 13.8. The van der Waals surface area contributed by atoms with E-state index in [1.54, 1.807) is 12.1 Å². The highest BCUT2D eigenvalue weighted by atomic mass is 16.3. The summed E-state index contributed by atoms with van der Waals surface area (Å²) in [5.41, 5.74) is 8.64. The molecule has 0 radical (unpaired) electrons. The van der Waals surface area contributed by atoms with E-state index >= 15 is 0 Å². The Balaban J connectivity index is 1.86. The molecule has 8 nitrogen and oxygen atoms in total. The van der Waals surface area contributed by atoms with Crippen molar-refractivity contribution in [3.63, 3.8) is 0 Å². The van der Waals surface area contributed by atoms with E-state index in [0.29, 0.717) is 6.42 Å². The van der Waals surface area contributed by atoms with E-state index in [1.165, 1.54) is 12.1 Å². The molecule has 0 aliphatic heterocycles. The number of nitrogens with two attached hydrogens (primary N) is 1. The van der Waals surface area contributed by atoms with E-state index in [9.17, 15) is 19.5 Å². The van der Waals surface area contributed by atoms with Gasteiger partial charge in [-0.2, -0.15) is 0 Å². The zero-order chi connectivity index (χ0) is 29.9. The molecule has 0 fully saturated rings. The molecular formula is C33H42N4O4. The standard InChI is InChI=1S/C33H42N4O4/c1-5-22(4)29(33(41)37-30(24-12-8-6-9-13-24)25-14-10-7-11-15-25)36-31(39)27(35-32(40)28(34)21(2)3)20-23-16-18-26(38)19-17-23/h6-19,21-22,27-30,38H,5,20,34H2,1-4H3,(H,35,40)(H,36,39)(H,37,41)/t22-,27-,28-,29-/m0/s1. The van der Waals surface area contributed by atoms with Crippen LogP contribution in [0.4, 0.5) is 0 Å². The third-order valence-corrected chi connectivity index (χ3v) is 7.38. The summed E-state index contributed by atoms with van der Waals surface area (Å²) in [6.07, 6.45) is 0.807. The lowest BCUT2D eigenvalue weighted by molar-refractivity contribution is -0.133. The molecule has 4 atom stereocenters. The summed E-state index contributed by atoms with van der Waals surface area (Å²) in [4.78, 5) is 40.4. The maximum atomic E-state index is 13.8. The van der Waals surface area contributed by atoms with Gasteiger partial charge in [0.05, 0.1) is 12.1 Å². The molecule has 3 amide bonds. The molecule has 8 heteroatoms. The maximum Gasteiger partial charge on any atom is 0.243 e. The van der Waals surface area contributed by atoms with Crippen molar-refractivity contribution in [1.82, 2.24) is 16.0 Å². The normalized spacial score (nSPS) is 14.1. The predicted molar refractivity (Wildman–Crippen MR) is 161 cm³/mol. The Morgan fingerprint density at radius 3 is 1.76 bits per heavy atom. The van der Waals surface area contributed by atoms with Crippen LogP contribution in [0.3, 0.4) is 0 Å². The average Bonchev–Trinajstić information content (AvgIpc) is 2.99. The number of hydrogen-bond donors (Lipinski definition) is 5. The summed E-state index contributed by atoms with van der Waals surface area (Å²) < 4.78 is 0. The zero-order valence-electron chi connectivity index (χ0n) is 24.2. The zero-order valence-corrected chi connectivity index (χ0v) is 24.2. The molecule has 0 aromatic heterocycles. The van der Waals surface area contributed by atoms with Gasteiger partial charge in [-0.1, -0.05) is 107 Å². The van der Waals surface area contributed by atoms with Gasteiger partial charge in [0.2, 0.25) is 17.7 Å². The Bertz CT molecular complexity index is 1230. The van der Waals surface area contributed by atoms with Crippen molar-refractivity contribution >= 4 is 17.7 Å². The number of hydrogen-bond acceptors (Lipinski definition) is 5. The Kier molecular flexibility index (Phi) is 11.5. The molecule has 41 heavy (non-hydrogen) atoms. The van der Waals surface area contributed by atoms with Crippen molar-refractivity contribution in [2.24, 2.45) is 17.6 Å². The second-order valence-electron chi connectivity index (χ2n) is 10.8. The van der Waals surface area contributed by atoms with Crippen LogP contribution in [0.15, 0.2) is 84.9 Å². The summed E-state index contributed by atoms with van der Waals surface area (Å²) >= 11 is 0. The molecule has 0 aliphatic rings. The molecule has 0 saturated carbocycles. The minimum absolute atomic E-state index is 0.0977. The smallest absolute Gasteiger partial charge is 0.243 e. The van der Waals surface area contributed by atoms with E-state index in [2.05, 4.69) is 16.0 Å². The topological polar surface area (TPSA) is 134 Å². The predicted octanol–water partition coefficient (Wildman–Crippen LogP) is 3.84. The monoisotopic (exact) mass is 558 g/mol. The molecule has 0 spiro atoms. The highest BCUT2D eigenvalue weighted by Crippen LogP contribution is 2.23. The minimum atomic E-state index is -0.977. The number of rotatable bonds is 13. The van der Waals surface area contributed by atoms with Crippen LogP contribution in [0, 0.1) is 11.8 Å². The lowest BCUT2D eigenvalue weighted by Crippen LogP contribution is -2.58. The number of phenolic OH excluding ortho intramolecular Hbond substituents is 1. The number of benzene rings is 3. The van der Waals surface area contributed by atoms with Gasteiger partial charge in [0, 0.05) is 6.42 Å². The van der Waals surface area contributed by atoms with Crippen LogP contribution in [-0.2, 0) is 20.8 Å². The van der Waals surface area contributed by atoms with Crippen LogP contribution in [-0.4, -0.2) is 41.0 Å². The van der Waals surface area contributed by atoms with Crippen LogP contribution in [0.2, 0.25) is 0 Å². The highest BCUT2D eigenvalue weighted by Gasteiger charge is 2.32. The molecule has 6 N–H and O–H groups in total. The first-order chi connectivity index (χ1) is 19.6. The number of carbonyl (C=O) groups is 3.